The monoisotopic (exact) mass is 319 g/mol. The first-order chi connectivity index (χ1) is 9.00. The van der Waals surface area contributed by atoms with Crippen LogP contribution in [-0.4, -0.2) is 24.9 Å². The zero-order chi connectivity index (χ0) is 13.9. The van der Waals surface area contributed by atoms with Crippen molar-refractivity contribution in [3.05, 3.63) is 46.5 Å². The van der Waals surface area contributed by atoms with Gasteiger partial charge in [-0.2, -0.15) is 0 Å². The molecule has 2 rings (SSSR count). The van der Waals surface area contributed by atoms with Gasteiger partial charge in [0.1, 0.15) is 10.7 Å². The maximum Gasteiger partial charge on any atom is 0.242 e. The topological polar surface area (TPSA) is 74.8 Å². The maximum atomic E-state index is 12.0. The van der Waals surface area contributed by atoms with E-state index in [0.717, 1.165) is 0 Å². The lowest BCUT2D eigenvalue weighted by atomic mass is 10.4. The highest BCUT2D eigenvalue weighted by atomic mass is 35.5. The Morgan fingerprint density at radius 1 is 1.32 bits per heavy atom. The van der Waals surface area contributed by atoms with Crippen LogP contribution >= 0.6 is 23.2 Å². The summed E-state index contributed by atoms with van der Waals surface area (Å²) in [7, 11) is -3.67. The van der Waals surface area contributed by atoms with Gasteiger partial charge in [0.25, 0.3) is 0 Å². The van der Waals surface area contributed by atoms with Crippen LogP contribution in [0.25, 0.3) is 0 Å². The van der Waals surface area contributed by atoms with E-state index in [0.29, 0.717) is 12.2 Å². The highest BCUT2D eigenvalue weighted by molar-refractivity contribution is 7.89. The van der Waals surface area contributed by atoms with Gasteiger partial charge in [-0.1, -0.05) is 29.3 Å². The molecule has 2 aromatic rings. The first-order valence-corrected chi connectivity index (χ1v) is 7.66. The summed E-state index contributed by atoms with van der Waals surface area (Å²) in [5.41, 5.74) is 0. The number of benzene rings is 1. The summed E-state index contributed by atoms with van der Waals surface area (Å²) in [6.07, 6.45) is 3.75. The normalized spacial score (nSPS) is 11.7. The first kappa shape index (κ1) is 14.3. The fraction of sp³-hybridized carbons (Fsp3) is 0.182. The molecule has 19 heavy (non-hydrogen) atoms. The molecule has 0 aliphatic rings. The molecule has 8 heteroatoms. The minimum absolute atomic E-state index is 0.0228. The zero-order valence-corrected chi connectivity index (χ0v) is 12.1. The van der Waals surface area contributed by atoms with Crippen LogP contribution in [0.15, 0.2) is 35.5 Å². The van der Waals surface area contributed by atoms with Gasteiger partial charge in [0, 0.05) is 25.4 Å². The first-order valence-electron chi connectivity index (χ1n) is 5.42. The van der Waals surface area contributed by atoms with Crippen LogP contribution in [0.1, 0.15) is 5.82 Å². The predicted molar refractivity (Wildman–Crippen MR) is 73.9 cm³/mol. The van der Waals surface area contributed by atoms with Gasteiger partial charge in [-0.15, -0.1) is 0 Å². The van der Waals surface area contributed by atoms with E-state index in [9.17, 15) is 8.42 Å². The fourth-order valence-corrected chi connectivity index (χ4v) is 3.30. The molecule has 0 radical (unpaired) electrons. The van der Waals surface area contributed by atoms with E-state index >= 15 is 0 Å². The number of sulfonamides is 1. The number of aromatic nitrogens is 2. The highest BCUT2D eigenvalue weighted by Gasteiger charge is 2.18. The summed E-state index contributed by atoms with van der Waals surface area (Å²) in [5.74, 6) is 0.708. The SMILES string of the molecule is O=S(=O)(NCCc1ncc[nH]1)c1cccc(Cl)c1Cl. The second-order valence-corrected chi connectivity index (χ2v) is 6.26. The van der Waals surface area contributed by atoms with Crippen molar-refractivity contribution in [2.24, 2.45) is 0 Å². The number of nitrogens with zero attached hydrogens (tertiary/aromatic N) is 1. The van der Waals surface area contributed by atoms with Gasteiger partial charge in [-0.25, -0.2) is 18.1 Å². The van der Waals surface area contributed by atoms with E-state index in [-0.39, 0.29) is 21.5 Å². The summed E-state index contributed by atoms with van der Waals surface area (Å²) in [6, 6.07) is 4.48. The van der Waals surface area contributed by atoms with Crippen molar-refractivity contribution in [1.82, 2.24) is 14.7 Å². The molecule has 0 spiro atoms. The molecule has 1 aromatic carbocycles. The Labute approximate surface area is 121 Å². The Kier molecular flexibility index (Phi) is 4.46. The summed E-state index contributed by atoms with van der Waals surface area (Å²) >= 11 is 11.7. The van der Waals surface area contributed by atoms with Gasteiger partial charge in [-0.3, -0.25) is 0 Å². The number of nitrogens with one attached hydrogen (secondary N) is 2. The van der Waals surface area contributed by atoms with Crippen molar-refractivity contribution in [1.29, 1.82) is 0 Å². The Bertz CT molecular complexity index is 657. The number of imidazole rings is 1. The molecule has 0 fully saturated rings. The summed E-state index contributed by atoms with van der Waals surface area (Å²) in [4.78, 5) is 6.87. The lowest BCUT2D eigenvalue weighted by molar-refractivity contribution is 0.581. The molecular weight excluding hydrogens is 309 g/mol. The molecular formula is C11H11Cl2N3O2S. The van der Waals surface area contributed by atoms with Gasteiger partial charge in [0.05, 0.1) is 10.0 Å². The average Bonchev–Trinajstić information content (AvgIpc) is 2.85. The molecule has 0 amide bonds. The third-order valence-corrected chi connectivity index (χ3v) is 4.85. The second kappa shape index (κ2) is 5.92. The molecule has 0 aliphatic carbocycles. The molecule has 0 saturated carbocycles. The smallest absolute Gasteiger partial charge is 0.242 e. The number of aromatic amines is 1. The number of hydrogen-bond acceptors (Lipinski definition) is 3. The number of halogens is 2. The number of H-pyrrole nitrogens is 1. The average molecular weight is 320 g/mol. The molecule has 0 saturated heterocycles. The van der Waals surface area contributed by atoms with E-state index in [1.54, 1.807) is 12.4 Å². The Morgan fingerprint density at radius 2 is 2.11 bits per heavy atom. The second-order valence-electron chi connectivity index (χ2n) is 3.74. The van der Waals surface area contributed by atoms with Crippen LogP contribution in [0.2, 0.25) is 10.0 Å². The third-order valence-electron chi connectivity index (χ3n) is 2.41. The van der Waals surface area contributed by atoms with Crippen molar-refractivity contribution in [3.63, 3.8) is 0 Å². The zero-order valence-electron chi connectivity index (χ0n) is 9.73. The quantitative estimate of drug-likeness (QED) is 0.887. The van der Waals surface area contributed by atoms with Crippen LogP contribution in [0, 0.1) is 0 Å². The number of rotatable bonds is 5. The molecule has 0 bridgehead atoms. The molecule has 5 nitrogen and oxygen atoms in total. The summed E-state index contributed by atoms with van der Waals surface area (Å²) in [5, 5.41) is 0.227. The lowest BCUT2D eigenvalue weighted by Crippen LogP contribution is -2.26. The van der Waals surface area contributed by atoms with Gasteiger partial charge in [-0.05, 0) is 12.1 Å². The standard InChI is InChI=1S/C11H11Cl2N3O2S/c12-8-2-1-3-9(11(8)13)19(17,18)16-5-4-10-14-6-7-15-10/h1-3,6-7,16H,4-5H2,(H,14,15). The van der Waals surface area contributed by atoms with E-state index in [1.165, 1.54) is 18.2 Å². The summed E-state index contributed by atoms with van der Waals surface area (Å²) in [6.45, 7) is 0.221. The lowest BCUT2D eigenvalue weighted by Gasteiger charge is -2.08. The molecule has 102 valence electrons. The fourth-order valence-electron chi connectivity index (χ4n) is 1.51. The molecule has 1 heterocycles. The summed E-state index contributed by atoms with van der Waals surface area (Å²) < 4.78 is 26.5. The van der Waals surface area contributed by atoms with E-state index in [4.69, 9.17) is 23.2 Å². The number of hydrogen-bond donors (Lipinski definition) is 2. The van der Waals surface area contributed by atoms with Gasteiger partial charge < -0.3 is 4.98 Å². The molecule has 1 aromatic heterocycles. The van der Waals surface area contributed by atoms with Crippen molar-refractivity contribution >= 4 is 33.2 Å². The Hall–Kier alpha value is -1.08. The molecule has 0 unspecified atom stereocenters. The minimum Gasteiger partial charge on any atom is -0.349 e. The van der Waals surface area contributed by atoms with Gasteiger partial charge in [0.15, 0.2) is 0 Å². The van der Waals surface area contributed by atoms with Crippen molar-refractivity contribution in [3.8, 4) is 0 Å². The molecule has 0 atom stereocenters. The van der Waals surface area contributed by atoms with E-state index < -0.39 is 10.0 Å². The maximum absolute atomic E-state index is 12.0. The van der Waals surface area contributed by atoms with Crippen molar-refractivity contribution < 1.29 is 8.42 Å². The van der Waals surface area contributed by atoms with Gasteiger partial charge in [0.2, 0.25) is 10.0 Å². The third kappa shape index (κ3) is 3.48. The van der Waals surface area contributed by atoms with E-state index in [2.05, 4.69) is 14.7 Å². The van der Waals surface area contributed by atoms with Crippen LogP contribution in [0.4, 0.5) is 0 Å². The Morgan fingerprint density at radius 3 is 2.79 bits per heavy atom. The molecule has 2 N–H and O–H groups in total. The van der Waals surface area contributed by atoms with Crippen molar-refractivity contribution in [2.45, 2.75) is 11.3 Å². The van der Waals surface area contributed by atoms with Crippen LogP contribution in [0.5, 0.6) is 0 Å². The van der Waals surface area contributed by atoms with Crippen LogP contribution < -0.4 is 4.72 Å². The van der Waals surface area contributed by atoms with Crippen LogP contribution in [0.3, 0.4) is 0 Å². The van der Waals surface area contributed by atoms with Crippen LogP contribution in [-0.2, 0) is 16.4 Å². The van der Waals surface area contributed by atoms with Crippen molar-refractivity contribution in [2.75, 3.05) is 6.54 Å². The Balaban J connectivity index is 2.08. The molecule has 0 aliphatic heterocycles. The van der Waals surface area contributed by atoms with E-state index in [1.807, 2.05) is 0 Å². The predicted octanol–water partition coefficient (Wildman–Crippen LogP) is 2.24. The van der Waals surface area contributed by atoms with Gasteiger partial charge >= 0.3 is 0 Å². The highest BCUT2D eigenvalue weighted by Crippen LogP contribution is 2.28. The largest absolute Gasteiger partial charge is 0.349 e. The minimum atomic E-state index is -3.67.